The van der Waals surface area contributed by atoms with Gasteiger partial charge in [0.15, 0.2) is 0 Å². The number of anilines is 1. The highest BCUT2D eigenvalue weighted by molar-refractivity contribution is 6.03. The Hall–Kier alpha value is -3.48. The van der Waals surface area contributed by atoms with Crippen LogP contribution in [-0.4, -0.2) is 20.0 Å². The molecule has 7 heteroatoms. The van der Waals surface area contributed by atoms with E-state index in [1.54, 1.807) is 24.5 Å². The summed E-state index contributed by atoms with van der Waals surface area (Å²) in [6.45, 7) is 0. The molecule has 132 valence electrons. The van der Waals surface area contributed by atoms with Crippen molar-refractivity contribution in [3.8, 4) is 0 Å². The first-order valence-corrected chi connectivity index (χ1v) is 8.01. The van der Waals surface area contributed by atoms with Crippen LogP contribution in [0.3, 0.4) is 0 Å². The second-order valence-electron chi connectivity index (χ2n) is 5.98. The van der Waals surface area contributed by atoms with E-state index in [0.717, 1.165) is 22.1 Å². The Balaban J connectivity index is 1.76. The van der Waals surface area contributed by atoms with Crippen molar-refractivity contribution in [1.29, 1.82) is 0 Å². The fourth-order valence-electron chi connectivity index (χ4n) is 2.60. The first-order valence-electron chi connectivity index (χ1n) is 8.01. The van der Waals surface area contributed by atoms with Crippen molar-refractivity contribution in [2.45, 2.75) is 6.42 Å². The molecule has 0 bridgehead atoms. The standard InChI is InChI=1S/C19H18N4O3/c1-22-12-16(18(25)23(2)19(22)26)17(24)21-15-5-3-13(4-6-15)11-14-7-9-20-10-8-14/h3-10,12H,11H2,1-2H3,(H,21,24). The molecular formula is C19H18N4O3. The minimum absolute atomic E-state index is 0.0875. The highest BCUT2D eigenvalue weighted by Crippen LogP contribution is 2.13. The summed E-state index contributed by atoms with van der Waals surface area (Å²) in [4.78, 5) is 40.2. The molecule has 0 spiro atoms. The second-order valence-corrected chi connectivity index (χ2v) is 5.98. The number of pyridine rings is 1. The zero-order chi connectivity index (χ0) is 18.7. The van der Waals surface area contributed by atoms with Crippen molar-refractivity contribution in [1.82, 2.24) is 14.1 Å². The summed E-state index contributed by atoms with van der Waals surface area (Å²) in [6, 6.07) is 11.3. The minimum atomic E-state index is -0.625. The van der Waals surface area contributed by atoms with E-state index in [4.69, 9.17) is 0 Å². The Bertz CT molecular complexity index is 1050. The lowest BCUT2D eigenvalue weighted by Gasteiger charge is -2.09. The Morgan fingerprint density at radius 2 is 1.62 bits per heavy atom. The maximum atomic E-state index is 12.4. The summed E-state index contributed by atoms with van der Waals surface area (Å²) in [5.41, 5.74) is 1.62. The third-order valence-corrected chi connectivity index (χ3v) is 4.06. The van der Waals surface area contributed by atoms with Crippen LogP contribution < -0.4 is 16.6 Å². The van der Waals surface area contributed by atoms with Crippen molar-refractivity contribution in [2.24, 2.45) is 14.1 Å². The molecule has 0 saturated heterocycles. The molecule has 7 nitrogen and oxygen atoms in total. The van der Waals surface area contributed by atoms with Crippen LogP contribution in [0.15, 0.2) is 64.6 Å². The quantitative estimate of drug-likeness (QED) is 0.769. The van der Waals surface area contributed by atoms with Gasteiger partial charge in [-0.1, -0.05) is 12.1 Å². The molecule has 26 heavy (non-hydrogen) atoms. The highest BCUT2D eigenvalue weighted by atomic mass is 16.2. The van der Waals surface area contributed by atoms with Gasteiger partial charge >= 0.3 is 5.69 Å². The molecular weight excluding hydrogens is 332 g/mol. The molecule has 0 unspecified atom stereocenters. The number of benzene rings is 1. The van der Waals surface area contributed by atoms with E-state index in [-0.39, 0.29) is 5.56 Å². The lowest BCUT2D eigenvalue weighted by atomic mass is 10.1. The molecule has 0 radical (unpaired) electrons. The lowest BCUT2D eigenvalue weighted by molar-refractivity contribution is 0.102. The van der Waals surface area contributed by atoms with E-state index < -0.39 is 17.2 Å². The fraction of sp³-hybridized carbons (Fsp3) is 0.158. The molecule has 3 rings (SSSR count). The van der Waals surface area contributed by atoms with Crippen LogP contribution in [0.5, 0.6) is 0 Å². The van der Waals surface area contributed by atoms with Crippen LogP contribution >= 0.6 is 0 Å². The van der Waals surface area contributed by atoms with Crippen LogP contribution in [0.2, 0.25) is 0 Å². The molecule has 1 amide bonds. The van der Waals surface area contributed by atoms with Gasteiger partial charge in [0.25, 0.3) is 11.5 Å². The van der Waals surface area contributed by atoms with Gasteiger partial charge in [-0.3, -0.25) is 19.1 Å². The summed E-state index contributed by atoms with van der Waals surface area (Å²) in [5, 5.41) is 2.69. The van der Waals surface area contributed by atoms with Gasteiger partial charge in [0.05, 0.1) is 0 Å². The summed E-state index contributed by atoms with van der Waals surface area (Å²) in [7, 11) is 2.84. The monoisotopic (exact) mass is 350 g/mol. The summed E-state index contributed by atoms with van der Waals surface area (Å²) >= 11 is 0. The van der Waals surface area contributed by atoms with E-state index >= 15 is 0 Å². The molecule has 1 N–H and O–H groups in total. The van der Waals surface area contributed by atoms with Crippen LogP contribution in [-0.2, 0) is 20.5 Å². The Kier molecular flexibility index (Phi) is 4.79. The van der Waals surface area contributed by atoms with Crippen molar-refractivity contribution >= 4 is 11.6 Å². The number of hydrogen-bond acceptors (Lipinski definition) is 4. The van der Waals surface area contributed by atoms with Gasteiger partial charge in [-0.25, -0.2) is 4.79 Å². The zero-order valence-electron chi connectivity index (χ0n) is 14.5. The molecule has 0 atom stereocenters. The predicted octanol–water partition coefficient (Wildman–Crippen LogP) is 1.32. The predicted molar refractivity (Wildman–Crippen MR) is 98.4 cm³/mol. The van der Waals surface area contributed by atoms with Crippen LogP contribution in [0.4, 0.5) is 5.69 Å². The van der Waals surface area contributed by atoms with Crippen molar-refractivity contribution in [3.05, 3.63) is 92.5 Å². The number of rotatable bonds is 4. The van der Waals surface area contributed by atoms with E-state index in [2.05, 4.69) is 10.3 Å². The summed E-state index contributed by atoms with van der Waals surface area (Å²) in [6.07, 6.45) is 5.51. The topological polar surface area (TPSA) is 86.0 Å². The minimum Gasteiger partial charge on any atom is -0.322 e. The van der Waals surface area contributed by atoms with Crippen molar-refractivity contribution < 1.29 is 4.79 Å². The first-order chi connectivity index (χ1) is 12.5. The third-order valence-electron chi connectivity index (χ3n) is 4.06. The normalized spacial score (nSPS) is 10.5. The molecule has 0 aliphatic rings. The number of amides is 1. The average molecular weight is 350 g/mol. The largest absolute Gasteiger partial charge is 0.330 e. The number of hydrogen-bond donors (Lipinski definition) is 1. The maximum absolute atomic E-state index is 12.4. The molecule has 0 aliphatic carbocycles. The van der Waals surface area contributed by atoms with Crippen LogP contribution in [0.25, 0.3) is 0 Å². The summed E-state index contributed by atoms with van der Waals surface area (Å²) in [5.74, 6) is -0.553. The molecule has 2 aromatic heterocycles. The summed E-state index contributed by atoms with van der Waals surface area (Å²) < 4.78 is 2.11. The van der Waals surface area contributed by atoms with Gasteiger partial charge in [-0.2, -0.15) is 0 Å². The van der Waals surface area contributed by atoms with E-state index in [1.165, 1.54) is 24.9 Å². The molecule has 0 aliphatic heterocycles. The van der Waals surface area contributed by atoms with E-state index in [0.29, 0.717) is 5.69 Å². The molecule has 2 heterocycles. The van der Waals surface area contributed by atoms with Crippen molar-refractivity contribution in [3.63, 3.8) is 0 Å². The Labute approximate surface area is 149 Å². The maximum Gasteiger partial charge on any atom is 0.330 e. The fourth-order valence-corrected chi connectivity index (χ4v) is 2.60. The SMILES string of the molecule is Cn1cc(C(=O)Nc2ccc(Cc3ccncc3)cc2)c(=O)n(C)c1=O. The lowest BCUT2D eigenvalue weighted by Crippen LogP contribution is -2.40. The van der Waals surface area contributed by atoms with Crippen LogP contribution in [0, 0.1) is 0 Å². The smallest absolute Gasteiger partial charge is 0.322 e. The van der Waals surface area contributed by atoms with E-state index in [1.807, 2.05) is 24.3 Å². The zero-order valence-corrected chi connectivity index (χ0v) is 14.5. The number of aromatic nitrogens is 3. The van der Waals surface area contributed by atoms with Gasteiger partial charge in [-0.15, -0.1) is 0 Å². The molecule has 3 aromatic rings. The number of aryl methyl sites for hydroxylation is 1. The van der Waals surface area contributed by atoms with Gasteiger partial charge in [0, 0.05) is 38.4 Å². The van der Waals surface area contributed by atoms with Crippen molar-refractivity contribution in [2.75, 3.05) is 5.32 Å². The Morgan fingerprint density at radius 3 is 2.27 bits per heavy atom. The van der Waals surface area contributed by atoms with Gasteiger partial charge in [-0.05, 0) is 41.8 Å². The van der Waals surface area contributed by atoms with Gasteiger partial charge in [0.1, 0.15) is 5.56 Å². The second kappa shape index (κ2) is 7.18. The average Bonchev–Trinajstić information content (AvgIpc) is 2.65. The highest BCUT2D eigenvalue weighted by Gasteiger charge is 2.14. The van der Waals surface area contributed by atoms with Crippen LogP contribution in [0.1, 0.15) is 21.5 Å². The Morgan fingerprint density at radius 1 is 1.00 bits per heavy atom. The number of carbonyl (C=O) groups is 1. The third kappa shape index (κ3) is 3.61. The molecule has 0 fully saturated rings. The first kappa shape index (κ1) is 17.3. The van der Waals surface area contributed by atoms with Gasteiger partial charge in [0.2, 0.25) is 0 Å². The van der Waals surface area contributed by atoms with Gasteiger partial charge < -0.3 is 9.88 Å². The van der Waals surface area contributed by atoms with E-state index in [9.17, 15) is 14.4 Å². The molecule has 1 aromatic carbocycles. The number of nitrogens with one attached hydrogen (secondary N) is 1. The number of carbonyl (C=O) groups excluding carboxylic acids is 1. The number of nitrogens with zero attached hydrogens (tertiary/aromatic N) is 3. The molecule has 0 saturated carbocycles.